The Balaban J connectivity index is 1.73. The van der Waals surface area contributed by atoms with Gasteiger partial charge < -0.3 is 20.7 Å². The Morgan fingerprint density at radius 1 is 0.923 bits per heavy atom. The molecule has 0 radical (unpaired) electrons. The third-order valence-corrected chi connectivity index (χ3v) is 3.57. The normalized spacial score (nSPS) is 9.92. The number of carbonyl (C=O) groups excluding carboxylic acids is 3. The molecule has 0 aliphatic rings. The molecular weight excluding hydrogens is 334 g/mol. The second-order valence-corrected chi connectivity index (χ2v) is 5.64. The van der Waals surface area contributed by atoms with E-state index in [1.807, 2.05) is 31.2 Å². The molecule has 3 amide bonds. The Kier molecular flexibility index (Phi) is 6.73. The molecule has 7 heteroatoms. The Morgan fingerprint density at radius 2 is 1.58 bits per heavy atom. The molecule has 0 spiro atoms. The number of rotatable bonds is 6. The first-order valence-corrected chi connectivity index (χ1v) is 8.03. The van der Waals surface area contributed by atoms with Gasteiger partial charge in [-0.3, -0.25) is 4.79 Å². The minimum Gasteiger partial charge on any atom is -0.465 e. The highest BCUT2D eigenvalue weighted by Gasteiger charge is 2.08. The molecule has 0 saturated carbocycles. The first-order chi connectivity index (χ1) is 12.5. The van der Waals surface area contributed by atoms with Crippen LogP contribution >= 0.6 is 0 Å². The van der Waals surface area contributed by atoms with Gasteiger partial charge in [-0.05, 0) is 36.8 Å². The van der Waals surface area contributed by atoms with E-state index in [2.05, 4.69) is 20.7 Å². The second kappa shape index (κ2) is 9.22. The number of anilines is 1. The summed E-state index contributed by atoms with van der Waals surface area (Å²) in [7, 11) is 1.30. The van der Waals surface area contributed by atoms with E-state index in [0.29, 0.717) is 17.8 Å². The van der Waals surface area contributed by atoms with Gasteiger partial charge in [0.05, 0.1) is 19.2 Å². The first-order valence-electron chi connectivity index (χ1n) is 8.03. The van der Waals surface area contributed by atoms with Crippen molar-refractivity contribution >= 4 is 23.6 Å². The lowest BCUT2D eigenvalue weighted by Gasteiger charge is -2.09. The molecule has 0 unspecified atom stereocenters. The average molecular weight is 355 g/mol. The van der Waals surface area contributed by atoms with E-state index >= 15 is 0 Å². The van der Waals surface area contributed by atoms with E-state index in [0.717, 1.165) is 11.1 Å². The van der Waals surface area contributed by atoms with Gasteiger partial charge in [0.1, 0.15) is 0 Å². The predicted molar refractivity (Wildman–Crippen MR) is 97.8 cm³/mol. The van der Waals surface area contributed by atoms with Crippen LogP contribution < -0.4 is 16.0 Å². The van der Waals surface area contributed by atoms with Gasteiger partial charge >= 0.3 is 12.0 Å². The van der Waals surface area contributed by atoms with Crippen LogP contribution in [0.4, 0.5) is 10.5 Å². The molecule has 2 aromatic rings. The molecule has 0 aliphatic carbocycles. The minimum absolute atomic E-state index is 0.168. The Hall–Kier alpha value is -3.35. The molecule has 136 valence electrons. The highest BCUT2D eigenvalue weighted by molar-refractivity contribution is 5.95. The second-order valence-electron chi connectivity index (χ2n) is 5.64. The highest BCUT2D eigenvalue weighted by atomic mass is 16.5. The van der Waals surface area contributed by atoms with Gasteiger partial charge in [-0.2, -0.15) is 0 Å². The van der Waals surface area contributed by atoms with Crippen molar-refractivity contribution in [2.24, 2.45) is 0 Å². The highest BCUT2D eigenvalue weighted by Crippen LogP contribution is 2.10. The summed E-state index contributed by atoms with van der Waals surface area (Å²) in [5.41, 5.74) is 3.03. The van der Waals surface area contributed by atoms with Crippen molar-refractivity contribution in [1.29, 1.82) is 0 Å². The Bertz CT molecular complexity index is 770. The fourth-order valence-electron chi connectivity index (χ4n) is 2.12. The SMILES string of the molecule is COC(=O)c1ccc(NC(=O)CNC(=O)NCc2ccc(C)cc2)cc1. The number of hydrogen-bond acceptors (Lipinski definition) is 4. The number of carbonyl (C=O) groups is 3. The van der Waals surface area contributed by atoms with Crippen LogP contribution in [0.5, 0.6) is 0 Å². The molecule has 0 heterocycles. The summed E-state index contributed by atoms with van der Waals surface area (Å²) in [6.45, 7) is 2.20. The summed E-state index contributed by atoms with van der Waals surface area (Å²) in [6.07, 6.45) is 0. The number of esters is 1. The molecular formula is C19H21N3O4. The van der Waals surface area contributed by atoms with E-state index in [1.54, 1.807) is 24.3 Å². The molecule has 0 atom stereocenters. The van der Waals surface area contributed by atoms with Crippen LogP contribution in [0, 0.1) is 6.92 Å². The quantitative estimate of drug-likeness (QED) is 0.692. The summed E-state index contributed by atoms with van der Waals surface area (Å²) in [4.78, 5) is 34.9. The molecule has 0 bridgehead atoms. The maximum absolute atomic E-state index is 11.9. The molecule has 2 aromatic carbocycles. The number of benzene rings is 2. The van der Waals surface area contributed by atoms with Crippen LogP contribution in [0.25, 0.3) is 0 Å². The topological polar surface area (TPSA) is 96.5 Å². The third-order valence-electron chi connectivity index (χ3n) is 3.57. The van der Waals surface area contributed by atoms with Gasteiger partial charge in [-0.25, -0.2) is 9.59 Å². The summed E-state index contributed by atoms with van der Waals surface area (Å²) < 4.78 is 4.60. The zero-order chi connectivity index (χ0) is 18.9. The molecule has 3 N–H and O–H groups in total. The van der Waals surface area contributed by atoms with Gasteiger partial charge in [0.15, 0.2) is 0 Å². The number of ether oxygens (including phenoxy) is 1. The largest absolute Gasteiger partial charge is 0.465 e. The number of methoxy groups -OCH3 is 1. The van der Waals surface area contributed by atoms with Crippen molar-refractivity contribution in [2.45, 2.75) is 13.5 Å². The van der Waals surface area contributed by atoms with Crippen molar-refractivity contribution in [2.75, 3.05) is 19.0 Å². The maximum Gasteiger partial charge on any atom is 0.337 e. The van der Waals surface area contributed by atoms with Crippen LogP contribution in [0.2, 0.25) is 0 Å². The summed E-state index contributed by atoms with van der Waals surface area (Å²) in [5, 5.41) is 7.80. The van der Waals surface area contributed by atoms with Crippen LogP contribution in [0.15, 0.2) is 48.5 Å². The number of nitrogens with one attached hydrogen (secondary N) is 3. The lowest BCUT2D eigenvalue weighted by molar-refractivity contribution is -0.115. The van der Waals surface area contributed by atoms with E-state index < -0.39 is 12.0 Å². The number of amides is 3. The van der Waals surface area contributed by atoms with Gasteiger partial charge in [0.2, 0.25) is 5.91 Å². The lowest BCUT2D eigenvalue weighted by Crippen LogP contribution is -2.39. The summed E-state index contributed by atoms with van der Waals surface area (Å²) >= 11 is 0. The van der Waals surface area contributed by atoms with Crippen LogP contribution in [-0.2, 0) is 16.1 Å². The molecule has 26 heavy (non-hydrogen) atoms. The summed E-state index contributed by atoms with van der Waals surface area (Å²) in [5.74, 6) is -0.823. The lowest BCUT2D eigenvalue weighted by atomic mass is 10.1. The first kappa shape index (κ1) is 19.0. The van der Waals surface area contributed by atoms with E-state index in [4.69, 9.17) is 0 Å². The molecule has 0 aliphatic heterocycles. The van der Waals surface area contributed by atoms with Gasteiger partial charge in [0.25, 0.3) is 0 Å². The van der Waals surface area contributed by atoms with E-state index in [1.165, 1.54) is 7.11 Å². The van der Waals surface area contributed by atoms with Gasteiger partial charge in [0, 0.05) is 12.2 Å². The Labute approximate surface area is 151 Å². The van der Waals surface area contributed by atoms with Crippen LogP contribution in [0.1, 0.15) is 21.5 Å². The standard InChI is InChI=1S/C19H21N3O4/c1-13-3-5-14(6-4-13)11-20-19(25)21-12-17(23)22-16-9-7-15(8-10-16)18(24)26-2/h3-10H,11-12H2,1-2H3,(H,22,23)(H2,20,21,25). The zero-order valence-electron chi connectivity index (χ0n) is 14.7. The number of aryl methyl sites for hydroxylation is 1. The van der Waals surface area contributed by atoms with Crippen molar-refractivity contribution in [3.8, 4) is 0 Å². The maximum atomic E-state index is 11.9. The smallest absolute Gasteiger partial charge is 0.337 e. The van der Waals surface area contributed by atoms with Crippen molar-refractivity contribution in [1.82, 2.24) is 10.6 Å². The predicted octanol–water partition coefficient (Wildman–Crippen LogP) is 2.22. The molecule has 0 saturated heterocycles. The average Bonchev–Trinajstić information content (AvgIpc) is 2.66. The minimum atomic E-state index is -0.449. The van der Waals surface area contributed by atoms with Crippen molar-refractivity contribution < 1.29 is 19.1 Å². The number of urea groups is 1. The van der Waals surface area contributed by atoms with E-state index in [9.17, 15) is 14.4 Å². The number of hydrogen-bond donors (Lipinski definition) is 3. The fourth-order valence-corrected chi connectivity index (χ4v) is 2.12. The summed E-state index contributed by atoms with van der Waals surface area (Å²) in [6, 6.07) is 13.6. The van der Waals surface area contributed by atoms with Crippen LogP contribution in [-0.4, -0.2) is 31.6 Å². The van der Waals surface area contributed by atoms with Crippen molar-refractivity contribution in [3.63, 3.8) is 0 Å². The monoisotopic (exact) mass is 355 g/mol. The zero-order valence-corrected chi connectivity index (χ0v) is 14.7. The van der Waals surface area contributed by atoms with Gasteiger partial charge in [-0.15, -0.1) is 0 Å². The molecule has 0 fully saturated rings. The van der Waals surface area contributed by atoms with Gasteiger partial charge in [-0.1, -0.05) is 29.8 Å². The van der Waals surface area contributed by atoms with Crippen molar-refractivity contribution in [3.05, 3.63) is 65.2 Å². The molecule has 0 aromatic heterocycles. The fraction of sp³-hybridized carbons (Fsp3) is 0.211. The third kappa shape index (κ3) is 5.94. The van der Waals surface area contributed by atoms with E-state index in [-0.39, 0.29) is 12.5 Å². The van der Waals surface area contributed by atoms with Crippen LogP contribution in [0.3, 0.4) is 0 Å². The Morgan fingerprint density at radius 3 is 2.19 bits per heavy atom. The molecule has 7 nitrogen and oxygen atoms in total. The molecule has 2 rings (SSSR count).